The Kier molecular flexibility index (Phi) is 30.9. The summed E-state index contributed by atoms with van der Waals surface area (Å²) in [6.45, 7) is 31.0. The fourth-order valence-corrected chi connectivity index (χ4v) is 14.7. The van der Waals surface area contributed by atoms with Crippen molar-refractivity contribution in [1.29, 1.82) is 0 Å². The molecule has 0 aromatic heterocycles. The van der Waals surface area contributed by atoms with Crippen LogP contribution in [0, 0.1) is 58.2 Å². The smallest absolute Gasteiger partial charge is 0.270 e. The third-order valence-electron chi connectivity index (χ3n) is 13.7. The Bertz CT molecular complexity index is 1850. The van der Waals surface area contributed by atoms with Crippen LogP contribution in [-0.2, 0) is 40.7 Å². The van der Waals surface area contributed by atoms with Crippen molar-refractivity contribution in [2.45, 2.75) is 188 Å². The van der Waals surface area contributed by atoms with E-state index in [1.54, 1.807) is 26.2 Å². The monoisotopic (exact) mass is 1050 g/mol. The quantitative estimate of drug-likeness (QED) is 0.0694. The van der Waals surface area contributed by atoms with E-state index in [0.717, 1.165) is 50.8 Å². The summed E-state index contributed by atoms with van der Waals surface area (Å²) in [6, 6.07) is 21.3. The summed E-state index contributed by atoms with van der Waals surface area (Å²) in [7, 11) is -1.23. The van der Waals surface area contributed by atoms with Crippen molar-refractivity contribution in [3.05, 3.63) is 96.1 Å². The first-order valence-corrected chi connectivity index (χ1v) is 36.3. The predicted octanol–water partition coefficient (Wildman–Crippen LogP) is 13.2. The summed E-state index contributed by atoms with van der Waals surface area (Å²) in [5, 5.41) is 23.2. The van der Waals surface area contributed by atoms with Gasteiger partial charge in [0.2, 0.25) is 15.2 Å². The summed E-state index contributed by atoms with van der Waals surface area (Å²) in [5.74, 6) is 3.79. The molecule has 14 heteroatoms. The van der Waals surface area contributed by atoms with E-state index in [9.17, 15) is 28.6 Å². The van der Waals surface area contributed by atoms with Crippen molar-refractivity contribution in [1.82, 2.24) is 0 Å². The van der Waals surface area contributed by atoms with E-state index in [2.05, 4.69) is 154 Å². The Labute approximate surface area is 439 Å². The number of ether oxygens (including phenoxy) is 2. The molecular formula is C56H94AlBO8P2Si2. The predicted molar refractivity (Wildman–Crippen MR) is 303 cm³/mol. The summed E-state index contributed by atoms with van der Waals surface area (Å²) < 4.78 is 41.2. The zero-order chi connectivity index (χ0) is 52.6. The number of carbonyl (C=O) groups is 1. The molecule has 13 atom stereocenters. The van der Waals surface area contributed by atoms with Gasteiger partial charge < -0.3 is 23.9 Å². The Morgan fingerprint density at radius 2 is 1.17 bits per heavy atom. The summed E-state index contributed by atoms with van der Waals surface area (Å²) in [5.41, 5.74) is 3.61. The van der Waals surface area contributed by atoms with E-state index in [4.69, 9.17) is 9.47 Å². The molecule has 2 aliphatic carbocycles. The zero-order valence-electron chi connectivity index (χ0n) is 45.8. The van der Waals surface area contributed by atoms with E-state index >= 15 is 0 Å². The number of aliphatic hydroxyl groups excluding tert-OH is 2. The Balaban J connectivity index is 0.000000364. The van der Waals surface area contributed by atoms with Crippen LogP contribution >= 0.6 is 16.4 Å². The van der Waals surface area contributed by atoms with Crippen LogP contribution in [0.1, 0.15) is 119 Å². The van der Waals surface area contributed by atoms with Crippen LogP contribution < -0.4 is 0 Å². The molecule has 8 nitrogen and oxygen atoms in total. The third-order valence-corrected chi connectivity index (χ3v) is 20.1. The van der Waals surface area contributed by atoms with Gasteiger partial charge in [-0.1, -0.05) is 119 Å². The molecule has 2 N–H and O–H groups in total. The SMILES string of the molecule is CC(C)(C)[C@@H](/C=C/[C@@H]1[C@H]2CC(=O)O[C@H]2C[C@H]1PPB=O)CCc1ccccc1.CC(C)(C)[C@@H](/C=C/[C@@H]1[C@H]2CC(O)O[C@H]2C[C@H]1O)CCc1ccccc1.CC(C)[CH2][AlH][CH2]C(C)C.C[Si](C)=O.C[Si](C)=O. The second kappa shape index (κ2) is 33.5. The molecule has 2 aliphatic heterocycles. The van der Waals surface area contributed by atoms with Crippen LogP contribution in [0.3, 0.4) is 0 Å². The minimum Gasteiger partial charge on any atom is -0.392 e. The maximum atomic E-state index is 11.8. The van der Waals surface area contributed by atoms with Gasteiger partial charge in [0.15, 0.2) is 6.29 Å². The second-order valence-corrected chi connectivity index (χ2v) is 32.2. The maximum Gasteiger partial charge on any atom is 0.270 e. The second-order valence-electron chi connectivity index (χ2n) is 23.4. The van der Waals surface area contributed by atoms with Crippen LogP contribution in [0.2, 0.25) is 36.8 Å². The standard InChI is InChI=1S/C22H31BO3P2.C22H32O3.2C4H9.2C2H6OSi.Al.H/c1-22(2,3)16(10-9-15-7-5-4-6-8-15)11-12-17-18-13-21(24)26-19(18)14-20(17)27-28-23-25;1-22(2,3)16(10-9-15-7-5-4-6-8-15)11-12-17-18-13-21(24)25-20(18)14-19(17)23;4*1-4(2)3;;/h4-8,11-12,16-20,27-28H,9-10,13-14H2,1-3H3;4-8,11-12,16-21,23-24H,9-10,13-14H2,1-3H3;2*4H,1H2,2-3H3;2*1-2H3;;/b2*12-11+;;;;;;/t16-,17-,18-,19+,20-;16-,17-,18-,19-,20+,21?;;;;;;/m11....../s1. The first kappa shape index (κ1) is 64.7. The molecule has 390 valence electrons. The Morgan fingerprint density at radius 3 is 1.60 bits per heavy atom. The molecule has 0 spiro atoms. The van der Waals surface area contributed by atoms with Gasteiger partial charge in [-0.2, -0.15) is 0 Å². The molecule has 4 aliphatic rings. The number of aryl methyl sites for hydroxylation is 2. The molecule has 4 fully saturated rings. The molecule has 2 heterocycles. The number of benzene rings is 2. The molecule has 70 heavy (non-hydrogen) atoms. The van der Waals surface area contributed by atoms with Crippen molar-refractivity contribution in [3.63, 3.8) is 0 Å². The molecule has 2 saturated heterocycles. The molecule has 2 saturated carbocycles. The van der Waals surface area contributed by atoms with Gasteiger partial charge >= 0.3 is 167 Å². The number of hydrogen-bond acceptors (Lipinski definition) is 8. The minimum atomic E-state index is -1.13. The normalized spacial score (nSPS) is 25.8. The van der Waals surface area contributed by atoms with Gasteiger partial charge in [-0.15, -0.1) is 0 Å². The number of hydrogen-bond donors (Lipinski definition) is 2. The van der Waals surface area contributed by atoms with Crippen LogP contribution in [0.5, 0.6) is 0 Å². The number of carbonyl (C=O) groups excluding carboxylic acids is 1. The van der Waals surface area contributed by atoms with E-state index in [0.29, 0.717) is 80.2 Å². The average Bonchev–Trinajstić information content (AvgIpc) is 3.97. The number of esters is 1. The van der Waals surface area contributed by atoms with Gasteiger partial charge in [-0.25, -0.2) is 0 Å². The number of fused-ring (bicyclic) bond motifs is 2. The van der Waals surface area contributed by atoms with Gasteiger partial charge in [0.1, 0.15) is 0 Å². The van der Waals surface area contributed by atoms with Crippen molar-refractivity contribution in [2.24, 2.45) is 58.2 Å². The Hall–Kier alpha value is -1.44. The molecule has 6 rings (SSSR count). The van der Waals surface area contributed by atoms with E-state index in [1.165, 1.54) is 21.7 Å². The molecule has 0 bridgehead atoms. The fourth-order valence-electron chi connectivity index (χ4n) is 9.87. The van der Waals surface area contributed by atoms with E-state index in [1.807, 2.05) is 0 Å². The van der Waals surface area contributed by atoms with Gasteiger partial charge in [0.05, 0.1) is 12.2 Å². The van der Waals surface area contributed by atoms with Crippen LogP contribution in [-0.4, -0.2) is 85.9 Å². The third kappa shape index (κ3) is 26.2. The fraction of sp³-hybridized carbons (Fsp3) is 0.696. The molecular weight excluding hydrogens is 957 g/mol. The topological polar surface area (TPSA) is 127 Å². The molecule has 0 radical (unpaired) electrons. The molecule has 0 amide bonds. The van der Waals surface area contributed by atoms with E-state index < -0.39 is 23.7 Å². The first-order chi connectivity index (χ1) is 32.8. The van der Waals surface area contributed by atoms with Crippen LogP contribution in [0.25, 0.3) is 0 Å². The summed E-state index contributed by atoms with van der Waals surface area (Å²) >= 11 is 0.316. The maximum absolute atomic E-state index is 11.8. The number of aliphatic hydroxyl groups is 2. The molecule has 2 aromatic rings. The van der Waals surface area contributed by atoms with Crippen molar-refractivity contribution < 1.29 is 38.1 Å². The average molecular weight is 1050 g/mol. The molecule has 3 unspecified atom stereocenters. The van der Waals surface area contributed by atoms with Crippen molar-refractivity contribution in [2.75, 3.05) is 0 Å². The van der Waals surface area contributed by atoms with Gasteiger partial charge in [0, 0.05) is 18.8 Å². The minimum absolute atomic E-state index is 0.0112. The Morgan fingerprint density at radius 1 is 0.714 bits per heavy atom. The van der Waals surface area contributed by atoms with Crippen molar-refractivity contribution in [3.8, 4) is 0 Å². The zero-order valence-corrected chi connectivity index (χ0v) is 51.2. The largest absolute Gasteiger partial charge is 0.392 e. The summed E-state index contributed by atoms with van der Waals surface area (Å²) in [6.07, 6.45) is 15.4. The van der Waals surface area contributed by atoms with Gasteiger partial charge in [0.25, 0.3) is 17.4 Å². The first-order valence-electron chi connectivity index (χ1n) is 26.4. The van der Waals surface area contributed by atoms with E-state index in [-0.39, 0.29) is 46.9 Å². The van der Waals surface area contributed by atoms with Gasteiger partial charge in [-0.3, -0.25) is 0 Å². The number of rotatable bonds is 17. The van der Waals surface area contributed by atoms with Crippen LogP contribution in [0.4, 0.5) is 0 Å². The number of allylic oxidation sites excluding steroid dienone is 3. The van der Waals surface area contributed by atoms with Crippen LogP contribution in [0.15, 0.2) is 85.0 Å². The van der Waals surface area contributed by atoms with Gasteiger partial charge in [-0.05, 0) is 61.8 Å². The summed E-state index contributed by atoms with van der Waals surface area (Å²) in [4.78, 5) is 11.8. The molecule has 2 aromatic carbocycles. The van der Waals surface area contributed by atoms with Crippen molar-refractivity contribution >= 4 is 61.8 Å².